The first-order valence-corrected chi connectivity index (χ1v) is 12.5. The van der Waals surface area contributed by atoms with Gasteiger partial charge < -0.3 is 20.5 Å². The van der Waals surface area contributed by atoms with Crippen molar-refractivity contribution in [1.29, 1.82) is 0 Å². The molecule has 3 aliphatic rings. The summed E-state index contributed by atoms with van der Waals surface area (Å²) in [6, 6.07) is 16.5. The molecule has 0 heterocycles. The number of aliphatic carboxylic acids is 1. The average molecular weight is 477 g/mol. The van der Waals surface area contributed by atoms with Gasteiger partial charge in [-0.3, -0.25) is 9.59 Å². The number of fused-ring (bicyclic) bond motifs is 3. The Balaban J connectivity index is 1.11. The molecule has 3 N–H and O–H groups in total. The van der Waals surface area contributed by atoms with Gasteiger partial charge in [0.15, 0.2) is 0 Å². The van der Waals surface area contributed by atoms with E-state index < -0.39 is 17.6 Å². The summed E-state index contributed by atoms with van der Waals surface area (Å²) in [7, 11) is 0. The molecule has 0 spiro atoms. The predicted molar refractivity (Wildman–Crippen MR) is 131 cm³/mol. The van der Waals surface area contributed by atoms with E-state index in [1.807, 2.05) is 24.3 Å². The standard InChI is InChI=1S/C28H32N2O5/c31-25(29-16-19-12-18(13-19)14-26(32)33)15-28(10-5-11-28)30-27(34)35-17-24-22-8-3-1-6-20(22)21-7-2-4-9-23(21)24/h1-4,6-9,18-19,24H,5,10-17H2,(H,29,31)(H,30,34)(H,32,33). The van der Waals surface area contributed by atoms with E-state index in [1.165, 1.54) is 22.3 Å². The summed E-state index contributed by atoms with van der Waals surface area (Å²) in [5.41, 5.74) is 4.16. The maximum absolute atomic E-state index is 12.7. The van der Waals surface area contributed by atoms with Gasteiger partial charge in [-0.2, -0.15) is 0 Å². The second kappa shape index (κ2) is 9.72. The van der Waals surface area contributed by atoms with E-state index >= 15 is 0 Å². The van der Waals surface area contributed by atoms with Crippen LogP contribution in [0.3, 0.4) is 0 Å². The van der Waals surface area contributed by atoms with Gasteiger partial charge in [-0.05, 0) is 66.2 Å². The Morgan fingerprint density at radius 1 is 0.943 bits per heavy atom. The second-order valence-corrected chi connectivity index (χ2v) is 10.4. The fraction of sp³-hybridized carbons (Fsp3) is 0.464. The van der Waals surface area contributed by atoms with Crippen molar-refractivity contribution in [1.82, 2.24) is 10.6 Å². The minimum Gasteiger partial charge on any atom is -0.481 e. The number of benzene rings is 2. The molecule has 35 heavy (non-hydrogen) atoms. The molecule has 0 atom stereocenters. The van der Waals surface area contributed by atoms with Crippen LogP contribution in [0.4, 0.5) is 4.79 Å². The molecule has 0 radical (unpaired) electrons. The SMILES string of the molecule is O=C(O)CC1CC(CNC(=O)CC2(NC(=O)OCC3c4ccccc4-c4ccccc43)CCC2)C1. The summed E-state index contributed by atoms with van der Waals surface area (Å²) < 4.78 is 5.69. The summed E-state index contributed by atoms with van der Waals surface area (Å²) in [5.74, 6) is -0.270. The minimum absolute atomic E-state index is 0.00113. The van der Waals surface area contributed by atoms with Crippen LogP contribution in [0.25, 0.3) is 11.1 Å². The highest BCUT2D eigenvalue weighted by Crippen LogP contribution is 2.44. The number of hydrogen-bond acceptors (Lipinski definition) is 4. The van der Waals surface area contributed by atoms with Crippen molar-refractivity contribution in [3.8, 4) is 11.1 Å². The third-order valence-corrected chi connectivity index (χ3v) is 7.91. The number of carboxylic acid groups (broad SMARTS) is 1. The fourth-order valence-electron chi connectivity index (χ4n) is 5.88. The van der Waals surface area contributed by atoms with E-state index in [2.05, 4.69) is 34.9 Å². The molecule has 0 aliphatic heterocycles. The van der Waals surface area contributed by atoms with Gasteiger partial charge in [0.2, 0.25) is 5.91 Å². The van der Waals surface area contributed by atoms with E-state index in [0.29, 0.717) is 12.5 Å². The fourth-order valence-corrected chi connectivity index (χ4v) is 5.88. The molecule has 2 saturated carbocycles. The lowest BCUT2D eigenvalue weighted by Crippen LogP contribution is -2.56. The van der Waals surface area contributed by atoms with Crippen LogP contribution in [0.5, 0.6) is 0 Å². The third kappa shape index (κ3) is 5.04. The van der Waals surface area contributed by atoms with E-state index in [9.17, 15) is 14.4 Å². The van der Waals surface area contributed by atoms with Gasteiger partial charge in [0, 0.05) is 25.3 Å². The van der Waals surface area contributed by atoms with E-state index in [1.54, 1.807) is 0 Å². The Labute approximate surface area is 205 Å². The zero-order valence-electron chi connectivity index (χ0n) is 19.8. The number of rotatable bonds is 9. The lowest BCUT2D eigenvalue weighted by molar-refractivity contribution is -0.139. The summed E-state index contributed by atoms with van der Waals surface area (Å²) in [5, 5.41) is 14.8. The number of carboxylic acids is 1. The molecule has 0 saturated heterocycles. The van der Waals surface area contributed by atoms with E-state index in [4.69, 9.17) is 9.84 Å². The Bertz CT molecular complexity index is 1070. The first kappa shape index (κ1) is 23.4. The maximum atomic E-state index is 12.7. The van der Waals surface area contributed by atoms with Crippen LogP contribution in [0, 0.1) is 11.8 Å². The zero-order chi connectivity index (χ0) is 24.4. The van der Waals surface area contributed by atoms with Crippen molar-refractivity contribution < 1.29 is 24.2 Å². The van der Waals surface area contributed by atoms with Gasteiger partial charge in [-0.25, -0.2) is 4.79 Å². The van der Waals surface area contributed by atoms with Crippen molar-refractivity contribution in [3.63, 3.8) is 0 Å². The average Bonchev–Trinajstić information content (AvgIpc) is 3.11. The molecule has 2 aromatic rings. The van der Waals surface area contributed by atoms with Crippen LogP contribution in [0.2, 0.25) is 0 Å². The topological polar surface area (TPSA) is 105 Å². The van der Waals surface area contributed by atoms with Gasteiger partial charge in [-0.1, -0.05) is 48.5 Å². The highest BCUT2D eigenvalue weighted by Gasteiger charge is 2.41. The molecular weight excluding hydrogens is 444 g/mol. The van der Waals surface area contributed by atoms with Crippen LogP contribution >= 0.6 is 0 Å². The molecule has 7 nitrogen and oxygen atoms in total. The van der Waals surface area contributed by atoms with Crippen molar-refractivity contribution in [2.24, 2.45) is 11.8 Å². The minimum atomic E-state index is -0.760. The molecule has 184 valence electrons. The predicted octanol–water partition coefficient (Wildman–Crippen LogP) is 4.46. The van der Waals surface area contributed by atoms with Crippen molar-refractivity contribution in [2.45, 2.75) is 56.4 Å². The van der Waals surface area contributed by atoms with Gasteiger partial charge in [-0.15, -0.1) is 0 Å². The summed E-state index contributed by atoms with van der Waals surface area (Å²) in [6.07, 6.45) is 4.14. The van der Waals surface area contributed by atoms with Crippen molar-refractivity contribution in [3.05, 3.63) is 59.7 Å². The molecule has 7 heteroatoms. The number of carbonyl (C=O) groups excluding carboxylic acids is 2. The first-order valence-electron chi connectivity index (χ1n) is 12.5. The lowest BCUT2D eigenvalue weighted by Gasteiger charge is -2.42. The third-order valence-electron chi connectivity index (χ3n) is 7.91. The summed E-state index contributed by atoms with van der Waals surface area (Å²) in [6.45, 7) is 0.817. The highest BCUT2D eigenvalue weighted by atomic mass is 16.5. The number of alkyl carbamates (subject to hydrolysis) is 1. The molecule has 2 fully saturated rings. The van der Waals surface area contributed by atoms with Crippen LogP contribution in [-0.2, 0) is 14.3 Å². The molecule has 0 unspecified atom stereocenters. The monoisotopic (exact) mass is 476 g/mol. The smallest absolute Gasteiger partial charge is 0.407 e. The zero-order valence-corrected chi connectivity index (χ0v) is 19.8. The Morgan fingerprint density at radius 2 is 1.57 bits per heavy atom. The quantitative estimate of drug-likeness (QED) is 0.496. The second-order valence-electron chi connectivity index (χ2n) is 10.4. The number of amides is 2. The molecule has 2 amide bonds. The normalized spacial score (nSPS) is 21.6. The largest absolute Gasteiger partial charge is 0.481 e. The first-order chi connectivity index (χ1) is 16.9. The van der Waals surface area contributed by atoms with Gasteiger partial charge in [0.1, 0.15) is 6.61 Å². The maximum Gasteiger partial charge on any atom is 0.407 e. The highest BCUT2D eigenvalue weighted by molar-refractivity contribution is 5.80. The molecule has 5 rings (SSSR count). The summed E-state index contributed by atoms with van der Waals surface area (Å²) >= 11 is 0. The molecule has 0 aromatic heterocycles. The lowest BCUT2D eigenvalue weighted by atomic mass is 9.73. The van der Waals surface area contributed by atoms with E-state index in [0.717, 1.165) is 32.1 Å². The summed E-state index contributed by atoms with van der Waals surface area (Å²) in [4.78, 5) is 36.1. The molecule has 3 aliphatic carbocycles. The van der Waals surface area contributed by atoms with Gasteiger partial charge in [0.05, 0.1) is 5.54 Å². The van der Waals surface area contributed by atoms with Crippen molar-refractivity contribution >= 4 is 18.0 Å². The Morgan fingerprint density at radius 3 is 2.14 bits per heavy atom. The Kier molecular flexibility index (Phi) is 6.50. The van der Waals surface area contributed by atoms with Crippen LogP contribution < -0.4 is 10.6 Å². The number of carbonyl (C=O) groups is 3. The van der Waals surface area contributed by atoms with Crippen LogP contribution in [0.15, 0.2) is 48.5 Å². The number of nitrogens with one attached hydrogen (secondary N) is 2. The van der Waals surface area contributed by atoms with Crippen LogP contribution in [0.1, 0.15) is 62.0 Å². The van der Waals surface area contributed by atoms with Gasteiger partial charge in [0.25, 0.3) is 0 Å². The van der Waals surface area contributed by atoms with Crippen LogP contribution in [-0.4, -0.2) is 41.8 Å². The number of hydrogen-bond donors (Lipinski definition) is 3. The van der Waals surface area contributed by atoms with Crippen molar-refractivity contribution in [2.75, 3.05) is 13.2 Å². The molecular formula is C28H32N2O5. The van der Waals surface area contributed by atoms with Gasteiger partial charge >= 0.3 is 12.1 Å². The number of ether oxygens (including phenoxy) is 1. The Hall–Kier alpha value is -3.35. The molecule has 2 aromatic carbocycles. The molecule has 0 bridgehead atoms. The van der Waals surface area contributed by atoms with E-state index in [-0.39, 0.29) is 37.2 Å².